The molecule has 1 aromatic carbocycles. The molecule has 4 heteroatoms. The molecule has 0 aliphatic carbocycles. The molecule has 70 valence electrons. The van der Waals surface area contributed by atoms with Crippen molar-refractivity contribution in [3.8, 4) is 6.07 Å². The summed E-state index contributed by atoms with van der Waals surface area (Å²) in [6.07, 6.45) is 2.12. The number of rotatable bonds is 1. The lowest BCUT2D eigenvalue weighted by Gasteiger charge is -2.01. The van der Waals surface area contributed by atoms with Crippen molar-refractivity contribution in [1.82, 2.24) is 9.78 Å². The zero-order valence-corrected chi connectivity index (χ0v) is 7.86. The molecule has 0 radical (unpaired) electrons. The van der Waals surface area contributed by atoms with Crippen molar-refractivity contribution in [2.75, 3.05) is 5.73 Å². The molecule has 1 heterocycles. The monoisotopic (exact) mass is 186 g/mol. The summed E-state index contributed by atoms with van der Waals surface area (Å²) < 4.78 is 1.76. The molecule has 0 atom stereocenters. The topological polar surface area (TPSA) is 67.6 Å². The Labute approximate surface area is 81.5 Å². The Morgan fingerprint density at radius 3 is 3.07 bits per heavy atom. The van der Waals surface area contributed by atoms with Gasteiger partial charge in [0, 0.05) is 18.1 Å². The maximum absolute atomic E-state index is 8.59. The van der Waals surface area contributed by atoms with Gasteiger partial charge in [0.05, 0.1) is 24.2 Å². The highest BCUT2D eigenvalue weighted by Crippen LogP contribution is 2.22. The van der Waals surface area contributed by atoms with Crippen LogP contribution in [0.1, 0.15) is 5.56 Å². The second-order valence-electron chi connectivity index (χ2n) is 3.22. The number of nitrogens with zero attached hydrogens (tertiary/aromatic N) is 3. The number of nitrogen functional groups attached to an aromatic ring is 1. The van der Waals surface area contributed by atoms with Crippen LogP contribution in [0.15, 0.2) is 18.3 Å². The first-order chi connectivity index (χ1) is 6.72. The van der Waals surface area contributed by atoms with E-state index in [9.17, 15) is 0 Å². The van der Waals surface area contributed by atoms with E-state index in [1.807, 2.05) is 19.2 Å². The van der Waals surface area contributed by atoms with Gasteiger partial charge in [0.2, 0.25) is 0 Å². The van der Waals surface area contributed by atoms with E-state index >= 15 is 0 Å². The highest BCUT2D eigenvalue weighted by molar-refractivity contribution is 5.90. The van der Waals surface area contributed by atoms with Gasteiger partial charge in [-0.25, -0.2) is 0 Å². The molecule has 2 rings (SSSR count). The largest absolute Gasteiger partial charge is 0.398 e. The predicted molar refractivity (Wildman–Crippen MR) is 54.4 cm³/mol. The van der Waals surface area contributed by atoms with Gasteiger partial charge in [-0.1, -0.05) is 0 Å². The number of anilines is 1. The van der Waals surface area contributed by atoms with Gasteiger partial charge in [-0.05, 0) is 17.7 Å². The molecule has 2 aromatic rings. The van der Waals surface area contributed by atoms with Crippen LogP contribution < -0.4 is 5.73 Å². The third-order valence-electron chi connectivity index (χ3n) is 2.24. The van der Waals surface area contributed by atoms with Crippen LogP contribution in [-0.4, -0.2) is 9.78 Å². The van der Waals surface area contributed by atoms with Crippen LogP contribution in [0.3, 0.4) is 0 Å². The van der Waals surface area contributed by atoms with Crippen LogP contribution >= 0.6 is 0 Å². The minimum absolute atomic E-state index is 0.380. The van der Waals surface area contributed by atoms with Crippen molar-refractivity contribution < 1.29 is 0 Å². The molecular formula is C10H10N4. The van der Waals surface area contributed by atoms with Gasteiger partial charge in [0.15, 0.2) is 0 Å². The number of hydrogen-bond donors (Lipinski definition) is 1. The highest BCUT2D eigenvalue weighted by atomic mass is 15.2. The average molecular weight is 186 g/mol. The Hall–Kier alpha value is -2.02. The van der Waals surface area contributed by atoms with Gasteiger partial charge in [-0.3, -0.25) is 4.68 Å². The molecule has 0 aliphatic heterocycles. The Bertz CT molecular complexity index is 519. The van der Waals surface area contributed by atoms with Crippen LogP contribution in [0.5, 0.6) is 0 Å². The highest BCUT2D eigenvalue weighted by Gasteiger charge is 2.05. The molecule has 0 unspecified atom stereocenters. The van der Waals surface area contributed by atoms with Gasteiger partial charge in [0.25, 0.3) is 0 Å². The number of aromatic nitrogens is 2. The first kappa shape index (κ1) is 8.57. The Kier molecular flexibility index (Phi) is 1.86. The van der Waals surface area contributed by atoms with E-state index in [4.69, 9.17) is 11.0 Å². The third-order valence-corrected chi connectivity index (χ3v) is 2.24. The number of aryl methyl sites for hydroxylation is 1. The fourth-order valence-electron chi connectivity index (χ4n) is 1.53. The summed E-state index contributed by atoms with van der Waals surface area (Å²) >= 11 is 0. The van der Waals surface area contributed by atoms with Gasteiger partial charge in [0.1, 0.15) is 0 Å². The second kappa shape index (κ2) is 3.04. The lowest BCUT2D eigenvalue weighted by atomic mass is 10.1. The molecule has 1 aromatic heterocycles. The molecule has 0 spiro atoms. The molecule has 0 amide bonds. The third kappa shape index (κ3) is 1.19. The van der Waals surface area contributed by atoms with E-state index in [0.29, 0.717) is 12.1 Å². The molecule has 2 N–H and O–H groups in total. The van der Waals surface area contributed by atoms with Crippen LogP contribution in [0.25, 0.3) is 10.9 Å². The molecule has 4 nitrogen and oxygen atoms in total. The standard InChI is InChI=1S/C10H10N4/c1-14-10-5-7(2-3-11)4-9(12)8(10)6-13-14/h4-6H,2,12H2,1H3. The molecule has 0 saturated carbocycles. The fraction of sp³-hybridized carbons (Fsp3) is 0.200. The molecule has 0 bridgehead atoms. The quantitative estimate of drug-likeness (QED) is 0.681. The lowest BCUT2D eigenvalue weighted by Crippen LogP contribution is -1.93. The zero-order valence-electron chi connectivity index (χ0n) is 7.86. The number of hydrogen-bond acceptors (Lipinski definition) is 3. The summed E-state index contributed by atoms with van der Waals surface area (Å²) in [5, 5.41) is 13.6. The number of nitrogens with two attached hydrogens (primary N) is 1. The van der Waals surface area contributed by atoms with E-state index in [2.05, 4.69) is 11.2 Å². The first-order valence-electron chi connectivity index (χ1n) is 4.29. The molecule has 14 heavy (non-hydrogen) atoms. The number of benzene rings is 1. The lowest BCUT2D eigenvalue weighted by molar-refractivity contribution is 0.796. The fourth-order valence-corrected chi connectivity index (χ4v) is 1.53. The molecule has 0 fully saturated rings. The maximum atomic E-state index is 8.59. The van der Waals surface area contributed by atoms with E-state index in [1.165, 1.54) is 0 Å². The summed E-state index contributed by atoms with van der Waals surface area (Å²) in [6, 6.07) is 5.88. The molecular weight excluding hydrogens is 176 g/mol. The summed E-state index contributed by atoms with van der Waals surface area (Å²) in [6.45, 7) is 0. The summed E-state index contributed by atoms with van der Waals surface area (Å²) in [5.74, 6) is 0. The van der Waals surface area contributed by atoms with Crippen molar-refractivity contribution in [2.24, 2.45) is 7.05 Å². The van der Waals surface area contributed by atoms with Crippen molar-refractivity contribution in [3.05, 3.63) is 23.9 Å². The number of fused-ring (bicyclic) bond motifs is 1. The second-order valence-corrected chi connectivity index (χ2v) is 3.22. The van der Waals surface area contributed by atoms with E-state index in [-0.39, 0.29) is 0 Å². The van der Waals surface area contributed by atoms with E-state index < -0.39 is 0 Å². The van der Waals surface area contributed by atoms with Crippen molar-refractivity contribution in [2.45, 2.75) is 6.42 Å². The van der Waals surface area contributed by atoms with Gasteiger partial charge >= 0.3 is 0 Å². The minimum atomic E-state index is 0.380. The van der Waals surface area contributed by atoms with Crippen LogP contribution in [0, 0.1) is 11.3 Å². The smallest absolute Gasteiger partial charge is 0.0702 e. The van der Waals surface area contributed by atoms with Gasteiger partial charge in [-0.15, -0.1) is 0 Å². The van der Waals surface area contributed by atoms with Crippen molar-refractivity contribution >= 4 is 16.6 Å². The normalized spacial score (nSPS) is 10.3. The predicted octanol–water partition coefficient (Wildman–Crippen LogP) is 1.22. The van der Waals surface area contributed by atoms with E-state index in [0.717, 1.165) is 16.5 Å². The summed E-state index contributed by atoms with van der Waals surface area (Å²) in [4.78, 5) is 0. The number of nitriles is 1. The zero-order chi connectivity index (χ0) is 10.1. The Morgan fingerprint density at radius 1 is 1.57 bits per heavy atom. The van der Waals surface area contributed by atoms with E-state index in [1.54, 1.807) is 10.9 Å². The van der Waals surface area contributed by atoms with Crippen molar-refractivity contribution in [3.63, 3.8) is 0 Å². The molecule has 0 aliphatic rings. The van der Waals surface area contributed by atoms with Gasteiger partial charge < -0.3 is 5.73 Å². The van der Waals surface area contributed by atoms with Crippen LogP contribution in [0.2, 0.25) is 0 Å². The first-order valence-corrected chi connectivity index (χ1v) is 4.29. The van der Waals surface area contributed by atoms with Crippen LogP contribution in [-0.2, 0) is 13.5 Å². The molecule has 0 saturated heterocycles. The van der Waals surface area contributed by atoms with Crippen LogP contribution in [0.4, 0.5) is 5.69 Å². The Morgan fingerprint density at radius 2 is 2.36 bits per heavy atom. The summed E-state index contributed by atoms with van der Waals surface area (Å²) in [5.41, 5.74) is 8.42. The SMILES string of the molecule is Cn1ncc2c(N)cc(CC#N)cc21. The Balaban J connectivity index is 2.70. The maximum Gasteiger partial charge on any atom is 0.0702 e. The minimum Gasteiger partial charge on any atom is -0.398 e. The summed E-state index contributed by atoms with van der Waals surface area (Å²) in [7, 11) is 1.86. The van der Waals surface area contributed by atoms with Gasteiger partial charge in [-0.2, -0.15) is 10.4 Å². The van der Waals surface area contributed by atoms with Crippen molar-refractivity contribution in [1.29, 1.82) is 5.26 Å². The average Bonchev–Trinajstić information content (AvgIpc) is 2.49.